The molecule has 26 heavy (non-hydrogen) atoms. The second-order valence-corrected chi connectivity index (χ2v) is 9.53. The first-order chi connectivity index (χ1) is 12.3. The number of rotatable bonds is 4. The molecule has 0 saturated carbocycles. The molecule has 3 rings (SSSR count). The molecular weight excluding hydrogens is 372 g/mol. The number of benzene rings is 1. The van der Waals surface area contributed by atoms with Crippen LogP contribution in [-0.2, 0) is 14.6 Å². The van der Waals surface area contributed by atoms with Gasteiger partial charge in [0.25, 0.3) is 5.91 Å². The van der Waals surface area contributed by atoms with Gasteiger partial charge in [0.15, 0.2) is 9.84 Å². The van der Waals surface area contributed by atoms with E-state index in [0.717, 1.165) is 6.08 Å². The van der Waals surface area contributed by atoms with Crippen molar-refractivity contribution in [3.8, 4) is 0 Å². The van der Waals surface area contributed by atoms with Crippen LogP contribution in [0.25, 0.3) is 0 Å². The van der Waals surface area contributed by atoms with Gasteiger partial charge in [0.2, 0.25) is 5.91 Å². The molecule has 0 radical (unpaired) electrons. The van der Waals surface area contributed by atoms with E-state index in [9.17, 15) is 18.0 Å². The van der Waals surface area contributed by atoms with Gasteiger partial charge in [0.05, 0.1) is 11.3 Å². The third-order valence-corrected chi connectivity index (χ3v) is 7.98. The fourth-order valence-electron chi connectivity index (χ4n) is 2.87. The molecule has 2 N–H and O–H groups in total. The Bertz CT molecular complexity index is 979. The molecule has 0 fully saturated rings. The predicted octanol–water partition coefficient (Wildman–Crippen LogP) is 2.91. The van der Waals surface area contributed by atoms with Crippen molar-refractivity contribution in [2.24, 2.45) is 0 Å². The first kappa shape index (κ1) is 18.3. The molecule has 1 aliphatic heterocycles. The van der Waals surface area contributed by atoms with Gasteiger partial charge < -0.3 is 10.6 Å². The van der Waals surface area contributed by atoms with Crippen molar-refractivity contribution in [3.05, 3.63) is 59.5 Å². The molecule has 2 heterocycles. The normalized spacial score (nSPS) is 20.7. The second kappa shape index (κ2) is 7.05. The molecule has 6 nitrogen and oxygen atoms in total. The summed E-state index contributed by atoms with van der Waals surface area (Å²) < 4.78 is 25.1. The third kappa shape index (κ3) is 3.42. The van der Waals surface area contributed by atoms with E-state index in [-0.39, 0.29) is 17.9 Å². The SMILES string of the molecule is C=CC(=O)Nc1cccc(C(=O)N[C@H]2C[C@H](C)S(=O)(=O)c3sccc32)c1. The van der Waals surface area contributed by atoms with Crippen LogP contribution in [0.15, 0.2) is 52.6 Å². The molecule has 2 atom stereocenters. The number of amides is 2. The van der Waals surface area contributed by atoms with E-state index in [1.54, 1.807) is 42.6 Å². The molecule has 2 amide bonds. The smallest absolute Gasteiger partial charge is 0.251 e. The molecule has 2 aromatic rings. The molecule has 8 heteroatoms. The van der Waals surface area contributed by atoms with E-state index in [1.807, 2.05) is 0 Å². The van der Waals surface area contributed by atoms with Crippen LogP contribution in [0.4, 0.5) is 5.69 Å². The Balaban J connectivity index is 1.82. The lowest BCUT2D eigenvalue weighted by Gasteiger charge is -2.28. The van der Waals surface area contributed by atoms with Gasteiger partial charge in [-0.3, -0.25) is 9.59 Å². The summed E-state index contributed by atoms with van der Waals surface area (Å²) in [6, 6.07) is 7.91. The maximum atomic E-state index is 12.6. The van der Waals surface area contributed by atoms with Gasteiger partial charge in [0, 0.05) is 16.8 Å². The summed E-state index contributed by atoms with van der Waals surface area (Å²) in [5.41, 5.74) is 1.50. The lowest BCUT2D eigenvalue weighted by molar-refractivity contribution is -0.111. The molecule has 0 unspecified atom stereocenters. The fraction of sp³-hybridized carbons (Fsp3) is 0.222. The molecule has 0 bridgehead atoms. The number of fused-ring (bicyclic) bond motifs is 1. The molecule has 0 saturated heterocycles. The van der Waals surface area contributed by atoms with Crippen molar-refractivity contribution >= 4 is 38.7 Å². The quantitative estimate of drug-likeness (QED) is 0.785. The summed E-state index contributed by atoms with van der Waals surface area (Å²) in [5.74, 6) is -0.690. The lowest BCUT2D eigenvalue weighted by Crippen LogP contribution is -2.36. The maximum Gasteiger partial charge on any atom is 0.251 e. The van der Waals surface area contributed by atoms with Gasteiger partial charge in [0.1, 0.15) is 4.21 Å². The highest BCUT2D eigenvalue weighted by atomic mass is 32.2. The van der Waals surface area contributed by atoms with E-state index in [1.165, 1.54) is 11.3 Å². The molecule has 1 aromatic carbocycles. The van der Waals surface area contributed by atoms with Gasteiger partial charge in [-0.15, -0.1) is 11.3 Å². The predicted molar refractivity (Wildman–Crippen MR) is 101 cm³/mol. The summed E-state index contributed by atoms with van der Waals surface area (Å²) in [5, 5.41) is 6.68. The van der Waals surface area contributed by atoms with Crippen LogP contribution < -0.4 is 10.6 Å². The van der Waals surface area contributed by atoms with Gasteiger partial charge in [-0.1, -0.05) is 12.6 Å². The summed E-state index contributed by atoms with van der Waals surface area (Å²) in [7, 11) is -3.32. The Kier molecular flexibility index (Phi) is 4.97. The Morgan fingerprint density at radius 2 is 2.08 bits per heavy atom. The van der Waals surface area contributed by atoms with Crippen LogP contribution >= 0.6 is 11.3 Å². The van der Waals surface area contributed by atoms with Crippen LogP contribution in [0.2, 0.25) is 0 Å². The number of carbonyl (C=O) groups is 2. The van der Waals surface area contributed by atoms with Crippen molar-refractivity contribution in [1.29, 1.82) is 0 Å². The topological polar surface area (TPSA) is 92.3 Å². The van der Waals surface area contributed by atoms with Crippen molar-refractivity contribution in [2.75, 3.05) is 5.32 Å². The van der Waals surface area contributed by atoms with E-state index in [2.05, 4.69) is 17.2 Å². The van der Waals surface area contributed by atoms with Gasteiger partial charge in [-0.05, 0) is 49.1 Å². The standard InChI is InChI=1S/C18H18N2O4S2/c1-3-16(21)19-13-6-4-5-12(10-13)17(22)20-15-9-11(2)26(23,24)18-14(15)7-8-25-18/h3-8,10-11,15H,1,9H2,2H3,(H,19,21)(H,20,22)/t11-,15-/m0/s1. The molecule has 0 spiro atoms. The Morgan fingerprint density at radius 3 is 2.81 bits per heavy atom. The number of carbonyl (C=O) groups excluding carboxylic acids is 2. The number of sulfone groups is 1. The molecule has 1 aromatic heterocycles. The van der Waals surface area contributed by atoms with Gasteiger partial charge in [-0.25, -0.2) is 8.42 Å². The van der Waals surface area contributed by atoms with Crippen molar-refractivity contribution in [2.45, 2.75) is 28.8 Å². The first-order valence-electron chi connectivity index (χ1n) is 7.98. The molecular formula is C18H18N2O4S2. The monoisotopic (exact) mass is 390 g/mol. The Labute approximate surface area is 155 Å². The van der Waals surface area contributed by atoms with Crippen LogP contribution in [0.1, 0.15) is 35.3 Å². The second-order valence-electron chi connectivity index (χ2n) is 6.05. The summed E-state index contributed by atoms with van der Waals surface area (Å²) >= 11 is 1.18. The molecule has 136 valence electrons. The summed E-state index contributed by atoms with van der Waals surface area (Å²) in [6.07, 6.45) is 1.47. The number of thiophene rings is 1. The average molecular weight is 390 g/mol. The van der Waals surface area contributed by atoms with Crippen molar-refractivity contribution in [1.82, 2.24) is 5.32 Å². The van der Waals surface area contributed by atoms with Crippen molar-refractivity contribution in [3.63, 3.8) is 0 Å². The van der Waals surface area contributed by atoms with Crippen LogP contribution in [-0.4, -0.2) is 25.5 Å². The highest BCUT2D eigenvalue weighted by molar-refractivity contribution is 7.94. The van der Waals surface area contributed by atoms with E-state index in [4.69, 9.17) is 0 Å². The number of hydrogen-bond donors (Lipinski definition) is 2. The minimum absolute atomic E-state index is 0.324. The minimum atomic E-state index is -3.32. The van der Waals surface area contributed by atoms with Crippen molar-refractivity contribution < 1.29 is 18.0 Å². The van der Waals surface area contributed by atoms with E-state index >= 15 is 0 Å². The van der Waals surface area contributed by atoms with Crippen LogP contribution in [0, 0.1) is 0 Å². The van der Waals surface area contributed by atoms with Crippen LogP contribution in [0.5, 0.6) is 0 Å². The van der Waals surface area contributed by atoms with Crippen LogP contribution in [0.3, 0.4) is 0 Å². The Morgan fingerprint density at radius 1 is 1.31 bits per heavy atom. The fourth-order valence-corrected chi connectivity index (χ4v) is 6.10. The zero-order chi connectivity index (χ0) is 18.9. The number of anilines is 1. The minimum Gasteiger partial charge on any atom is -0.345 e. The summed E-state index contributed by atoms with van der Waals surface area (Å²) in [4.78, 5) is 24.0. The third-order valence-electron chi connectivity index (χ3n) is 4.27. The first-order valence-corrected chi connectivity index (χ1v) is 10.4. The molecule has 1 aliphatic rings. The Hall–Kier alpha value is -2.45. The van der Waals surface area contributed by atoms with E-state index < -0.39 is 15.1 Å². The largest absolute Gasteiger partial charge is 0.345 e. The lowest BCUT2D eigenvalue weighted by atomic mass is 10.0. The summed E-state index contributed by atoms with van der Waals surface area (Å²) in [6.45, 7) is 5.04. The number of hydrogen-bond acceptors (Lipinski definition) is 5. The zero-order valence-electron chi connectivity index (χ0n) is 14.1. The highest BCUT2D eigenvalue weighted by Gasteiger charge is 2.38. The highest BCUT2D eigenvalue weighted by Crippen LogP contribution is 2.39. The van der Waals surface area contributed by atoms with E-state index in [0.29, 0.717) is 27.4 Å². The number of nitrogens with one attached hydrogen (secondary N) is 2. The maximum absolute atomic E-state index is 12.6. The zero-order valence-corrected chi connectivity index (χ0v) is 15.7. The van der Waals surface area contributed by atoms with Gasteiger partial charge in [-0.2, -0.15) is 0 Å². The van der Waals surface area contributed by atoms with Gasteiger partial charge >= 0.3 is 0 Å². The molecule has 0 aliphatic carbocycles. The average Bonchev–Trinajstić information content (AvgIpc) is 3.11.